The van der Waals surface area contributed by atoms with Gasteiger partial charge in [-0.15, -0.1) is 5.10 Å². The number of benzene rings is 1. The van der Waals surface area contributed by atoms with Crippen LogP contribution in [-0.4, -0.2) is 15.0 Å². The largest absolute Gasteiger partial charge is 0.325 e. The molecule has 0 aliphatic heterocycles. The van der Waals surface area contributed by atoms with Crippen LogP contribution in [0.5, 0.6) is 0 Å². The minimum absolute atomic E-state index is 0.278. The fraction of sp³-hybridized carbons (Fsp3) is 0.200. The van der Waals surface area contributed by atoms with E-state index in [-0.39, 0.29) is 12.4 Å². The van der Waals surface area contributed by atoms with Crippen LogP contribution >= 0.6 is 0 Å². The monoisotopic (exact) mass is 206 g/mol. The zero-order valence-electron chi connectivity index (χ0n) is 8.31. The molecule has 1 aromatic carbocycles. The molecule has 0 fully saturated rings. The lowest BCUT2D eigenvalue weighted by Crippen LogP contribution is -2.08. The molecule has 2 N–H and O–H groups in total. The second-order valence-corrected chi connectivity index (χ2v) is 3.30. The van der Waals surface area contributed by atoms with Gasteiger partial charge in [0.2, 0.25) is 0 Å². The summed E-state index contributed by atoms with van der Waals surface area (Å²) < 4.78 is 15.0. The molecule has 0 aliphatic rings. The first-order valence-corrected chi connectivity index (χ1v) is 4.58. The van der Waals surface area contributed by atoms with Crippen molar-refractivity contribution in [1.29, 1.82) is 0 Å². The molecule has 78 valence electrons. The van der Waals surface area contributed by atoms with Crippen LogP contribution in [0.1, 0.15) is 11.3 Å². The third-order valence-electron chi connectivity index (χ3n) is 2.16. The summed E-state index contributed by atoms with van der Waals surface area (Å²) in [6.07, 6.45) is 1.53. The van der Waals surface area contributed by atoms with Crippen LogP contribution in [0, 0.1) is 12.7 Å². The summed E-state index contributed by atoms with van der Waals surface area (Å²) in [5, 5.41) is 7.49. The predicted octanol–water partition coefficient (Wildman–Crippen LogP) is 1.17. The van der Waals surface area contributed by atoms with E-state index in [9.17, 15) is 4.39 Å². The first kappa shape index (κ1) is 9.79. The number of rotatable bonds is 2. The van der Waals surface area contributed by atoms with E-state index < -0.39 is 0 Å². The lowest BCUT2D eigenvalue weighted by Gasteiger charge is -2.06. The molecule has 0 aliphatic carbocycles. The molecule has 0 bridgehead atoms. The highest BCUT2D eigenvalue weighted by Crippen LogP contribution is 2.15. The lowest BCUT2D eigenvalue weighted by atomic mass is 10.2. The molecule has 0 unspecified atom stereocenters. The Hall–Kier alpha value is -1.75. The van der Waals surface area contributed by atoms with Crippen LogP contribution in [0.4, 0.5) is 4.39 Å². The normalized spacial score (nSPS) is 10.6. The number of aromatic nitrogens is 3. The summed E-state index contributed by atoms with van der Waals surface area (Å²) in [6, 6.07) is 4.94. The summed E-state index contributed by atoms with van der Waals surface area (Å²) in [6.45, 7) is 2.11. The van der Waals surface area contributed by atoms with Crippen molar-refractivity contribution in [2.75, 3.05) is 0 Å². The summed E-state index contributed by atoms with van der Waals surface area (Å²) in [5.41, 5.74) is 7.41. The molecular weight excluding hydrogens is 195 g/mol. The van der Waals surface area contributed by atoms with Gasteiger partial charge in [0.05, 0.1) is 11.9 Å². The van der Waals surface area contributed by atoms with Crippen LogP contribution < -0.4 is 5.73 Å². The quantitative estimate of drug-likeness (QED) is 0.802. The van der Waals surface area contributed by atoms with E-state index in [1.807, 2.05) is 13.0 Å². The maximum absolute atomic E-state index is 13.6. The van der Waals surface area contributed by atoms with E-state index >= 15 is 0 Å². The highest BCUT2D eigenvalue weighted by atomic mass is 19.1. The van der Waals surface area contributed by atoms with Crippen molar-refractivity contribution < 1.29 is 4.39 Å². The number of halogens is 1. The van der Waals surface area contributed by atoms with Crippen molar-refractivity contribution in [3.8, 4) is 5.69 Å². The molecule has 0 spiro atoms. The molecule has 1 heterocycles. The summed E-state index contributed by atoms with van der Waals surface area (Å²) in [4.78, 5) is 0. The van der Waals surface area contributed by atoms with E-state index in [2.05, 4.69) is 10.3 Å². The fourth-order valence-electron chi connectivity index (χ4n) is 1.38. The first-order chi connectivity index (χ1) is 7.22. The Kier molecular flexibility index (Phi) is 2.47. The van der Waals surface area contributed by atoms with Crippen LogP contribution in [0.2, 0.25) is 0 Å². The summed E-state index contributed by atoms with van der Waals surface area (Å²) in [7, 11) is 0. The van der Waals surface area contributed by atoms with E-state index in [0.29, 0.717) is 11.4 Å². The van der Waals surface area contributed by atoms with Crippen LogP contribution in [0.25, 0.3) is 5.69 Å². The molecule has 5 heteroatoms. The Bertz CT molecular complexity index is 478. The van der Waals surface area contributed by atoms with Gasteiger partial charge in [0.1, 0.15) is 11.5 Å². The van der Waals surface area contributed by atoms with Gasteiger partial charge in [-0.1, -0.05) is 11.3 Å². The standard InChI is InChI=1S/C10H11FN4/c1-7-2-3-10(9(11)4-7)15-8(5-12)6-13-14-15/h2-4,6H,5,12H2,1H3. The molecule has 2 aromatic rings. The Balaban J connectivity index is 2.54. The Morgan fingerprint density at radius 3 is 2.93 bits per heavy atom. The zero-order valence-corrected chi connectivity index (χ0v) is 8.31. The van der Waals surface area contributed by atoms with Gasteiger partial charge >= 0.3 is 0 Å². The predicted molar refractivity (Wildman–Crippen MR) is 53.9 cm³/mol. The molecule has 15 heavy (non-hydrogen) atoms. The smallest absolute Gasteiger partial charge is 0.149 e. The third kappa shape index (κ3) is 1.73. The van der Waals surface area contributed by atoms with Crippen molar-refractivity contribution >= 4 is 0 Å². The van der Waals surface area contributed by atoms with Crippen molar-refractivity contribution in [2.24, 2.45) is 5.73 Å². The highest BCUT2D eigenvalue weighted by Gasteiger charge is 2.09. The van der Waals surface area contributed by atoms with Crippen molar-refractivity contribution in [3.63, 3.8) is 0 Å². The molecule has 2 rings (SSSR count). The zero-order chi connectivity index (χ0) is 10.8. The number of hydrogen-bond donors (Lipinski definition) is 1. The lowest BCUT2D eigenvalue weighted by molar-refractivity contribution is 0.601. The maximum Gasteiger partial charge on any atom is 0.149 e. The SMILES string of the molecule is Cc1ccc(-n2nncc2CN)c(F)c1. The van der Waals surface area contributed by atoms with Gasteiger partial charge in [-0.25, -0.2) is 9.07 Å². The van der Waals surface area contributed by atoms with Crippen molar-refractivity contribution in [3.05, 3.63) is 41.5 Å². The third-order valence-corrected chi connectivity index (χ3v) is 2.16. The van der Waals surface area contributed by atoms with Crippen LogP contribution in [0.3, 0.4) is 0 Å². The molecular formula is C10H11FN4. The fourth-order valence-corrected chi connectivity index (χ4v) is 1.38. The highest BCUT2D eigenvalue weighted by molar-refractivity contribution is 5.36. The Morgan fingerprint density at radius 1 is 1.47 bits per heavy atom. The average molecular weight is 206 g/mol. The van der Waals surface area contributed by atoms with Gasteiger partial charge in [-0.05, 0) is 24.6 Å². The maximum atomic E-state index is 13.6. The Morgan fingerprint density at radius 2 is 2.27 bits per heavy atom. The minimum atomic E-state index is -0.324. The summed E-state index contributed by atoms with van der Waals surface area (Å²) in [5.74, 6) is -0.324. The average Bonchev–Trinajstić information content (AvgIpc) is 2.65. The molecule has 0 amide bonds. The molecule has 0 saturated carbocycles. The van der Waals surface area contributed by atoms with Gasteiger partial charge in [0.15, 0.2) is 0 Å². The van der Waals surface area contributed by atoms with Gasteiger partial charge < -0.3 is 5.73 Å². The number of aryl methyl sites for hydroxylation is 1. The molecule has 0 radical (unpaired) electrons. The second-order valence-electron chi connectivity index (χ2n) is 3.30. The van der Waals surface area contributed by atoms with Crippen LogP contribution in [-0.2, 0) is 6.54 Å². The Labute approximate surface area is 86.5 Å². The second kappa shape index (κ2) is 3.78. The van der Waals surface area contributed by atoms with E-state index in [0.717, 1.165) is 5.56 Å². The van der Waals surface area contributed by atoms with E-state index in [1.54, 1.807) is 6.07 Å². The van der Waals surface area contributed by atoms with Crippen molar-refractivity contribution in [2.45, 2.75) is 13.5 Å². The van der Waals surface area contributed by atoms with E-state index in [1.165, 1.54) is 16.9 Å². The number of hydrogen-bond acceptors (Lipinski definition) is 3. The molecule has 4 nitrogen and oxygen atoms in total. The molecule has 1 aromatic heterocycles. The number of nitrogens with zero attached hydrogens (tertiary/aromatic N) is 3. The van der Waals surface area contributed by atoms with Gasteiger partial charge in [0.25, 0.3) is 0 Å². The number of nitrogens with two attached hydrogens (primary N) is 1. The van der Waals surface area contributed by atoms with Crippen LogP contribution in [0.15, 0.2) is 24.4 Å². The van der Waals surface area contributed by atoms with Gasteiger partial charge in [-0.2, -0.15) is 0 Å². The molecule has 0 saturated heterocycles. The first-order valence-electron chi connectivity index (χ1n) is 4.58. The topological polar surface area (TPSA) is 56.7 Å². The van der Waals surface area contributed by atoms with Gasteiger partial charge in [-0.3, -0.25) is 0 Å². The van der Waals surface area contributed by atoms with Crippen molar-refractivity contribution in [1.82, 2.24) is 15.0 Å². The minimum Gasteiger partial charge on any atom is -0.325 e. The summed E-state index contributed by atoms with van der Waals surface area (Å²) >= 11 is 0. The molecule has 0 atom stereocenters. The van der Waals surface area contributed by atoms with E-state index in [4.69, 9.17) is 5.73 Å². The van der Waals surface area contributed by atoms with Gasteiger partial charge in [0, 0.05) is 6.54 Å².